The summed E-state index contributed by atoms with van der Waals surface area (Å²) < 4.78 is 46.4. The number of rotatable bonds is 10. The third kappa shape index (κ3) is 7.76. The molecule has 1 aliphatic heterocycles. The Morgan fingerprint density at radius 1 is 1.22 bits per heavy atom. The minimum absolute atomic E-state index is 0.0112. The summed E-state index contributed by atoms with van der Waals surface area (Å²) in [4.78, 5) is 23.9. The van der Waals surface area contributed by atoms with Crippen molar-refractivity contribution in [2.24, 2.45) is 0 Å². The van der Waals surface area contributed by atoms with Crippen LogP contribution in [0.15, 0.2) is 18.3 Å². The van der Waals surface area contributed by atoms with Gasteiger partial charge >= 0.3 is 0 Å². The van der Waals surface area contributed by atoms with E-state index in [2.05, 4.69) is 37.7 Å². The Morgan fingerprint density at radius 2 is 1.93 bits per heavy atom. The number of benzene rings is 1. The summed E-state index contributed by atoms with van der Waals surface area (Å²) in [6.07, 6.45) is 7.54. The summed E-state index contributed by atoms with van der Waals surface area (Å²) in [6.45, 7) is 4.86. The van der Waals surface area contributed by atoms with Crippen LogP contribution in [0.4, 0.5) is 21.8 Å². The first-order valence-corrected chi connectivity index (χ1v) is 16.1. The van der Waals surface area contributed by atoms with Crippen molar-refractivity contribution >= 4 is 45.0 Å². The highest BCUT2D eigenvalue weighted by Gasteiger charge is 2.33. The second kappa shape index (κ2) is 13.5. The second-order valence-electron chi connectivity index (χ2n) is 10.6. The van der Waals surface area contributed by atoms with Gasteiger partial charge in [-0.1, -0.05) is 31.4 Å². The fourth-order valence-electron chi connectivity index (χ4n) is 5.44. The Labute approximate surface area is 246 Å². The minimum Gasteiger partial charge on any atom is -0.495 e. The molecule has 1 aromatic heterocycles. The molecule has 226 valence electrons. The number of aromatic nitrogens is 2. The van der Waals surface area contributed by atoms with Gasteiger partial charge in [0.2, 0.25) is 16.0 Å². The van der Waals surface area contributed by atoms with Crippen LogP contribution in [-0.2, 0) is 10.0 Å². The lowest BCUT2D eigenvalue weighted by Crippen LogP contribution is -2.49. The Bertz CT molecular complexity index is 1340. The zero-order valence-corrected chi connectivity index (χ0v) is 25.5. The van der Waals surface area contributed by atoms with E-state index in [1.54, 1.807) is 7.05 Å². The molecular formula is C27H39ClFN7O4S. The molecule has 4 rings (SSSR count). The lowest BCUT2D eigenvalue weighted by atomic mass is 9.90. The number of hydrogen-bond donors (Lipinski definition) is 3. The summed E-state index contributed by atoms with van der Waals surface area (Å²) in [7, 11) is -0.379. The molecule has 0 bridgehead atoms. The van der Waals surface area contributed by atoms with Crippen molar-refractivity contribution in [2.45, 2.75) is 63.6 Å². The molecule has 2 fully saturated rings. The van der Waals surface area contributed by atoms with Gasteiger partial charge in [0, 0.05) is 44.3 Å². The van der Waals surface area contributed by atoms with E-state index < -0.39 is 21.7 Å². The zero-order chi connectivity index (χ0) is 29.7. The Morgan fingerprint density at radius 3 is 2.59 bits per heavy atom. The molecule has 2 aromatic rings. The van der Waals surface area contributed by atoms with Gasteiger partial charge in [-0.2, -0.15) is 4.98 Å². The van der Waals surface area contributed by atoms with Gasteiger partial charge < -0.3 is 25.6 Å². The second-order valence-corrected chi connectivity index (χ2v) is 13.1. The maximum Gasteiger partial charge on any atom is 0.254 e. The average molecular weight is 612 g/mol. The van der Waals surface area contributed by atoms with Crippen molar-refractivity contribution < 1.29 is 22.3 Å². The van der Waals surface area contributed by atoms with Gasteiger partial charge in [0.05, 0.1) is 30.8 Å². The van der Waals surface area contributed by atoms with Crippen molar-refractivity contribution in [3.8, 4) is 5.75 Å². The molecule has 2 heterocycles. The van der Waals surface area contributed by atoms with E-state index in [1.807, 2.05) is 0 Å². The van der Waals surface area contributed by atoms with Crippen molar-refractivity contribution in [3.05, 3.63) is 34.7 Å². The standard InChI is InChI=1S/C27H39ClFN7O4S/c1-5-36-12-10-17(11-13-36)31-26(37)18-14-24(40-3)22(15-20(18)29)33-27-30-16-19(28)25(34-27)32-21-8-6-7-9-23(21)35(2)41(4,38)39/h14-17,21,23H,5-13H2,1-4H3,(H,31,37)(H2,30,32,33,34)/t21-,23-/m1/s1. The molecule has 14 heteroatoms. The number of likely N-dealkylation sites (N-methyl/N-ethyl adjacent to an activating group) is 1. The van der Waals surface area contributed by atoms with Crippen LogP contribution in [0.1, 0.15) is 55.8 Å². The first kappa shape index (κ1) is 31.2. The molecule has 11 nitrogen and oxygen atoms in total. The van der Waals surface area contributed by atoms with E-state index >= 15 is 4.39 Å². The molecular weight excluding hydrogens is 573 g/mol. The summed E-state index contributed by atoms with van der Waals surface area (Å²) in [5.74, 6) is -0.506. The van der Waals surface area contributed by atoms with E-state index in [1.165, 1.54) is 36.0 Å². The van der Waals surface area contributed by atoms with Crippen molar-refractivity contribution in [3.63, 3.8) is 0 Å². The average Bonchev–Trinajstić information content (AvgIpc) is 2.94. The number of nitrogens with zero attached hydrogens (tertiary/aromatic N) is 4. The van der Waals surface area contributed by atoms with Crippen LogP contribution < -0.4 is 20.7 Å². The summed E-state index contributed by atoms with van der Waals surface area (Å²) in [5.41, 5.74) is 0.126. The predicted molar refractivity (Wildman–Crippen MR) is 158 cm³/mol. The molecule has 3 N–H and O–H groups in total. The molecule has 0 unspecified atom stereocenters. The van der Waals surface area contributed by atoms with E-state index in [0.717, 1.165) is 51.7 Å². The van der Waals surface area contributed by atoms with E-state index in [-0.39, 0.29) is 46.1 Å². The van der Waals surface area contributed by atoms with Gasteiger partial charge in [0.1, 0.15) is 16.6 Å². The number of methoxy groups -OCH3 is 1. The van der Waals surface area contributed by atoms with Gasteiger partial charge in [-0.3, -0.25) is 4.79 Å². The first-order valence-electron chi connectivity index (χ1n) is 13.9. The van der Waals surface area contributed by atoms with E-state index in [9.17, 15) is 13.2 Å². The lowest BCUT2D eigenvalue weighted by Gasteiger charge is -2.37. The van der Waals surface area contributed by atoms with Crippen LogP contribution >= 0.6 is 11.6 Å². The molecule has 1 aromatic carbocycles. The number of anilines is 3. The highest BCUT2D eigenvalue weighted by atomic mass is 35.5. The quantitative estimate of drug-likeness (QED) is 0.367. The number of hydrogen-bond acceptors (Lipinski definition) is 9. The number of piperidine rings is 1. The Kier molecular flexibility index (Phi) is 10.3. The SMILES string of the molecule is CCN1CCC(NC(=O)c2cc(OC)c(Nc3ncc(Cl)c(N[C@@H]4CCCC[C@H]4N(C)S(C)(=O)=O)n3)cc2F)CC1. The number of sulfonamides is 1. The molecule has 1 saturated heterocycles. The van der Waals surface area contributed by atoms with Crippen LogP contribution in [0.5, 0.6) is 5.75 Å². The van der Waals surface area contributed by atoms with E-state index in [0.29, 0.717) is 12.2 Å². The number of amides is 1. The fraction of sp³-hybridized carbons (Fsp3) is 0.593. The molecule has 0 spiro atoms. The number of likely N-dealkylation sites (tertiary alicyclic amines) is 1. The third-order valence-corrected chi connectivity index (χ3v) is 9.53. The maximum absolute atomic E-state index is 15.2. The minimum atomic E-state index is -3.38. The van der Waals surface area contributed by atoms with Crippen LogP contribution in [0, 0.1) is 5.82 Å². The fourth-order valence-corrected chi connectivity index (χ4v) is 6.33. The largest absolute Gasteiger partial charge is 0.495 e. The van der Waals surface area contributed by atoms with Crippen molar-refractivity contribution in [1.82, 2.24) is 24.5 Å². The summed E-state index contributed by atoms with van der Waals surface area (Å²) >= 11 is 6.39. The van der Waals surface area contributed by atoms with Crippen molar-refractivity contribution in [1.29, 1.82) is 0 Å². The number of carbonyl (C=O) groups is 1. The maximum atomic E-state index is 15.2. The first-order chi connectivity index (χ1) is 19.5. The number of ether oxygens (including phenoxy) is 1. The van der Waals surface area contributed by atoms with Crippen molar-refractivity contribution in [2.75, 3.05) is 50.7 Å². The van der Waals surface area contributed by atoms with Crippen LogP contribution in [0.2, 0.25) is 5.02 Å². The smallest absolute Gasteiger partial charge is 0.254 e. The molecule has 2 aliphatic rings. The predicted octanol–water partition coefficient (Wildman–Crippen LogP) is 3.85. The van der Waals surface area contributed by atoms with Crippen LogP contribution in [-0.4, -0.2) is 91.7 Å². The van der Waals surface area contributed by atoms with Gasteiger partial charge in [0.25, 0.3) is 5.91 Å². The Balaban J connectivity index is 1.49. The zero-order valence-electron chi connectivity index (χ0n) is 23.9. The van der Waals surface area contributed by atoms with Gasteiger partial charge in [0.15, 0.2) is 5.82 Å². The van der Waals surface area contributed by atoms with Gasteiger partial charge in [-0.05, 0) is 38.3 Å². The van der Waals surface area contributed by atoms with Crippen LogP contribution in [0.25, 0.3) is 0 Å². The number of nitrogens with one attached hydrogen (secondary N) is 3. The Hall–Kier alpha value is -2.74. The molecule has 41 heavy (non-hydrogen) atoms. The van der Waals surface area contributed by atoms with Gasteiger partial charge in [-0.15, -0.1) is 0 Å². The highest BCUT2D eigenvalue weighted by molar-refractivity contribution is 7.88. The molecule has 1 amide bonds. The summed E-state index contributed by atoms with van der Waals surface area (Å²) in [6, 6.07) is 2.06. The third-order valence-electron chi connectivity index (χ3n) is 7.94. The van der Waals surface area contributed by atoms with Gasteiger partial charge in [-0.25, -0.2) is 22.1 Å². The summed E-state index contributed by atoms with van der Waals surface area (Å²) in [5, 5.41) is 9.46. The van der Waals surface area contributed by atoms with E-state index in [4.69, 9.17) is 16.3 Å². The van der Waals surface area contributed by atoms with Crippen LogP contribution in [0.3, 0.4) is 0 Å². The number of carbonyl (C=O) groups excluding carboxylic acids is 1. The topological polar surface area (TPSA) is 129 Å². The highest BCUT2D eigenvalue weighted by Crippen LogP contribution is 2.32. The molecule has 1 aliphatic carbocycles. The monoisotopic (exact) mass is 611 g/mol. The number of halogens is 2. The molecule has 0 radical (unpaired) electrons. The molecule has 2 atom stereocenters. The molecule has 1 saturated carbocycles. The normalized spacial score (nSPS) is 20.6. The lowest BCUT2D eigenvalue weighted by molar-refractivity contribution is 0.0908.